The summed E-state index contributed by atoms with van der Waals surface area (Å²) in [6.45, 7) is 4.35. The van der Waals surface area contributed by atoms with E-state index < -0.39 is 0 Å². The number of phenolic OH excluding ortho intramolecular Hbond substituents is 1. The molecule has 1 aromatic rings. The zero-order valence-corrected chi connectivity index (χ0v) is 11.7. The molecule has 0 fully saturated rings. The Morgan fingerprint density at radius 1 is 1.44 bits per heavy atom. The number of hydrogen-bond donors (Lipinski definition) is 3. The fourth-order valence-electron chi connectivity index (χ4n) is 1.52. The number of rotatable bonds is 6. The molecule has 1 aromatic carbocycles. The molecule has 3 N–H and O–H groups in total. The van der Waals surface area contributed by atoms with Crippen molar-refractivity contribution in [2.45, 2.75) is 32.4 Å². The predicted octanol–water partition coefficient (Wildman–Crippen LogP) is 2.30. The number of phenols is 1. The van der Waals surface area contributed by atoms with Crippen molar-refractivity contribution in [2.75, 3.05) is 13.7 Å². The highest BCUT2D eigenvalue weighted by molar-refractivity contribution is 6.30. The van der Waals surface area contributed by atoms with Gasteiger partial charge in [0.2, 0.25) is 0 Å². The third-order valence-corrected chi connectivity index (χ3v) is 3.39. The number of methoxy groups -OCH3 is 1. The third-order valence-electron chi connectivity index (χ3n) is 3.17. The van der Waals surface area contributed by atoms with Crippen molar-refractivity contribution in [3.63, 3.8) is 0 Å². The summed E-state index contributed by atoms with van der Waals surface area (Å²) in [5, 5.41) is 23.0. The van der Waals surface area contributed by atoms with Crippen molar-refractivity contribution >= 4 is 11.6 Å². The molecule has 1 unspecified atom stereocenters. The van der Waals surface area contributed by atoms with E-state index in [2.05, 4.69) is 5.32 Å². The van der Waals surface area contributed by atoms with Crippen molar-refractivity contribution in [1.29, 1.82) is 0 Å². The van der Waals surface area contributed by atoms with Crippen LogP contribution >= 0.6 is 11.6 Å². The van der Waals surface area contributed by atoms with Crippen LogP contribution in [0.25, 0.3) is 0 Å². The standard InChI is InChI=1S/C13H20ClNO3/c1-4-13(2,8-16)15-7-9-5-10(14)6-11(18-3)12(9)17/h5-6,15-17H,4,7-8H2,1-3H3. The van der Waals surface area contributed by atoms with Crippen molar-refractivity contribution in [3.8, 4) is 11.5 Å². The van der Waals surface area contributed by atoms with E-state index in [-0.39, 0.29) is 17.9 Å². The fourth-order valence-corrected chi connectivity index (χ4v) is 1.75. The number of hydrogen-bond acceptors (Lipinski definition) is 4. The van der Waals surface area contributed by atoms with Gasteiger partial charge in [0.1, 0.15) is 0 Å². The molecule has 0 aliphatic rings. The van der Waals surface area contributed by atoms with Gasteiger partial charge in [0.05, 0.1) is 13.7 Å². The lowest BCUT2D eigenvalue weighted by Crippen LogP contribution is -2.44. The largest absolute Gasteiger partial charge is 0.504 e. The zero-order chi connectivity index (χ0) is 13.8. The van der Waals surface area contributed by atoms with Gasteiger partial charge in [-0.15, -0.1) is 0 Å². The molecule has 0 spiro atoms. The molecule has 18 heavy (non-hydrogen) atoms. The molecule has 0 aliphatic heterocycles. The highest BCUT2D eigenvalue weighted by Gasteiger charge is 2.21. The van der Waals surface area contributed by atoms with E-state index >= 15 is 0 Å². The Morgan fingerprint density at radius 3 is 2.61 bits per heavy atom. The molecule has 102 valence electrons. The number of halogens is 1. The minimum Gasteiger partial charge on any atom is -0.504 e. The maximum absolute atomic E-state index is 9.97. The molecule has 0 aromatic heterocycles. The second-order valence-corrected chi connectivity index (χ2v) is 4.98. The summed E-state index contributed by atoms with van der Waals surface area (Å²) in [5.74, 6) is 0.423. The second-order valence-electron chi connectivity index (χ2n) is 4.54. The quantitative estimate of drug-likeness (QED) is 0.744. The first-order valence-corrected chi connectivity index (χ1v) is 6.25. The summed E-state index contributed by atoms with van der Waals surface area (Å²) >= 11 is 5.95. The minimum atomic E-state index is -0.373. The Morgan fingerprint density at radius 2 is 2.11 bits per heavy atom. The Bertz CT molecular complexity index is 405. The van der Waals surface area contributed by atoms with E-state index in [1.807, 2.05) is 13.8 Å². The van der Waals surface area contributed by atoms with E-state index in [0.717, 1.165) is 6.42 Å². The van der Waals surface area contributed by atoms with Crippen LogP contribution in [0.4, 0.5) is 0 Å². The van der Waals surface area contributed by atoms with Gasteiger partial charge in [0.25, 0.3) is 0 Å². The Hall–Kier alpha value is -0.970. The molecule has 4 nitrogen and oxygen atoms in total. The number of ether oxygens (including phenoxy) is 1. The van der Waals surface area contributed by atoms with Gasteiger partial charge in [-0.05, 0) is 19.4 Å². The van der Waals surface area contributed by atoms with E-state index in [4.69, 9.17) is 16.3 Å². The monoisotopic (exact) mass is 273 g/mol. The third kappa shape index (κ3) is 3.51. The maximum Gasteiger partial charge on any atom is 0.162 e. The van der Waals surface area contributed by atoms with Crippen LogP contribution in [-0.4, -0.2) is 29.5 Å². The van der Waals surface area contributed by atoms with Gasteiger partial charge in [-0.3, -0.25) is 0 Å². The number of nitrogens with one attached hydrogen (secondary N) is 1. The summed E-state index contributed by atoms with van der Waals surface area (Å²) in [7, 11) is 1.48. The molecule has 5 heteroatoms. The summed E-state index contributed by atoms with van der Waals surface area (Å²) < 4.78 is 5.04. The van der Waals surface area contributed by atoms with Crippen molar-refractivity contribution in [3.05, 3.63) is 22.7 Å². The Labute approximate surface area is 113 Å². The molecule has 0 saturated heterocycles. The highest BCUT2D eigenvalue weighted by atomic mass is 35.5. The van der Waals surface area contributed by atoms with Crippen molar-refractivity contribution in [1.82, 2.24) is 5.32 Å². The van der Waals surface area contributed by atoms with Crippen LogP contribution in [0.3, 0.4) is 0 Å². The average molecular weight is 274 g/mol. The Balaban J connectivity index is 2.88. The van der Waals surface area contributed by atoms with Gasteiger partial charge < -0.3 is 20.3 Å². The lowest BCUT2D eigenvalue weighted by Gasteiger charge is -2.27. The first kappa shape index (κ1) is 15.1. The van der Waals surface area contributed by atoms with E-state index in [0.29, 0.717) is 22.9 Å². The molecule has 0 aliphatic carbocycles. The van der Waals surface area contributed by atoms with Crippen LogP contribution in [0.5, 0.6) is 11.5 Å². The molecule has 0 radical (unpaired) electrons. The predicted molar refractivity (Wildman–Crippen MR) is 72.3 cm³/mol. The lowest BCUT2D eigenvalue weighted by atomic mass is 9.99. The molecule has 0 saturated carbocycles. The van der Waals surface area contributed by atoms with Crippen molar-refractivity contribution < 1.29 is 14.9 Å². The normalized spacial score (nSPS) is 14.3. The average Bonchev–Trinajstić information content (AvgIpc) is 2.38. The van der Waals surface area contributed by atoms with Crippen LogP contribution in [0.2, 0.25) is 5.02 Å². The number of aliphatic hydroxyl groups is 1. The van der Waals surface area contributed by atoms with Crippen LogP contribution in [0.1, 0.15) is 25.8 Å². The van der Waals surface area contributed by atoms with E-state index in [1.165, 1.54) is 7.11 Å². The second kappa shape index (κ2) is 6.27. The Kier molecular flexibility index (Phi) is 5.26. The van der Waals surface area contributed by atoms with E-state index in [9.17, 15) is 10.2 Å². The van der Waals surface area contributed by atoms with E-state index in [1.54, 1.807) is 12.1 Å². The van der Waals surface area contributed by atoms with Crippen LogP contribution in [0, 0.1) is 0 Å². The number of aromatic hydroxyl groups is 1. The molecule has 0 amide bonds. The number of benzene rings is 1. The number of aliphatic hydroxyl groups excluding tert-OH is 1. The highest BCUT2D eigenvalue weighted by Crippen LogP contribution is 2.33. The topological polar surface area (TPSA) is 61.7 Å². The minimum absolute atomic E-state index is 0.0297. The maximum atomic E-state index is 9.97. The van der Waals surface area contributed by atoms with Crippen molar-refractivity contribution in [2.24, 2.45) is 0 Å². The van der Waals surface area contributed by atoms with Gasteiger partial charge in [-0.25, -0.2) is 0 Å². The van der Waals surface area contributed by atoms with Crippen LogP contribution in [-0.2, 0) is 6.54 Å². The van der Waals surface area contributed by atoms with Gasteiger partial charge in [-0.2, -0.15) is 0 Å². The van der Waals surface area contributed by atoms with Crippen LogP contribution < -0.4 is 10.1 Å². The summed E-state index contributed by atoms with van der Waals surface area (Å²) in [4.78, 5) is 0. The van der Waals surface area contributed by atoms with Gasteiger partial charge in [0, 0.05) is 28.7 Å². The first-order valence-electron chi connectivity index (χ1n) is 5.87. The van der Waals surface area contributed by atoms with Gasteiger partial charge in [0.15, 0.2) is 11.5 Å². The molecular formula is C13H20ClNO3. The van der Waals surface area contributed by atoms with Crippen LogP contribution in [0.15, 0.2) is 12.1 Å². The zero-order valence-electron chi connectivity index (χ0n) is 11.0. The smallest absolute Gasteiger partial charge is 0.162 e. The molecular weight excluding hydrogens is 254 g/mol. The summed E-state index contributed by atoms with van der Waals surface area (Å²) in [6, 6.07) is 3.24. The SMILES string of the molecule is CCC(C)(CO)NCc1cc(Cl)cc(OC)c1O. The molecule has 0 heterocycles. The summed E-state index contributed by atoms with van der Waals surface area (Å²) in [5.41, 5.74) is 0.273. The molecule has 0 bridgehead atoms. The lowest BCUT2D eigenvalue weighted by molar-refractivity contribution is 0.168. The molecule has 1 atom stereocenters. The first-order chi connectivity index (χ1) is 8.45. The molecule has 1 rings (SSSR count). The fraction of sp³-hybridized carbons (Fsp3) is 0.538. The summed E-state index contributed by atoms with van der Waals surface area (Å²) in [6.07, 6.45) is 0.780. The van der Waals surface area contributed by atoms with Gasteiger partial charge in [-0.1, -0.05) is 18.5 Å². The van der Waals surface area contributed by atoms with Gasteiger partial charge >= 0.3 is 0 Å².